The molecule has 0 bridgehead atoms. The summed E-state index contributed by atoms with van der Waals surface area (Å²) in [5.41, 5.74) is 2.46. The van der Waals surface area contributed by atoms with E-state index >= 15 is 0 Å². The largest absolute Gasteiger partial charge is 0.327 e. The van der Waals surface area contributed by atoms with Crippen LogP contribution >= 0.6 is 11.8 Å². The summed E-state index contributed by atoms with van der Waals surface area (Å²) >= 11 is 1.25. The van der Waals surface area contributed by atoms with Crippen LogP contribution in [0.3, 0.4) is 0 Å². The first-order valence-electron chi connectivity index (χ1n) is 10.9. The van der Waals surface area contributed by atoms with Gasteiger partial charge in [0.1, 0.15) is 17.7 Å². The molecule has 1 saturated carbocycles. The van der Waals surface area contributed by atoms with Crippen LogP contribution in [0.15, 0.2) is 5.16 Å². The first kappa shape index (κ1) is 22.9. The van der Waals surface area contributed by atoms with Crippen LogP contribution in [-0.2, 0) is 21.7 Å². The van der Waals surface area contributed by atoms with Gasteiger partial charge in [0.25, 0.3) is 0 Å². The van der Waals surface area contributed by atoms with Crippen molar-refractivity contribution in [3.63, 3.8) is 0 Å². The number of nitrogens with one attached hydrogen (secondary N) is 1. The molecule has 172 valence electrons. The zero-order chi connectivity index (χ0) is 23.0. The lowest BCUT2D eigenvalue weighted by atomic mass is 10.1. The van der Waals surface area contributed by atoms with Crippen molar-refractivity contribution in [1.29, 1.82) is 5.26 Å². The number of nitrogens with zero attached hydrogens (tertiary/aromatic N) is 5. The van der Waals surface area contributed by atoms with E-state index in [1.807, 2.05) is 13.8 Å². The molecule has 1 N–H and O–H groups in total. The Balaban J connectivity index is 1.47. The van der Waals surface area contributed by atoms with Gasteiger partial charge >= 0.3 is 0 Å². The molecule has 2 aromatic heterocycles. The topological polar surface area (TPSA) is 123 Å². The Labute approximate surface area is 192 Å². The molecule has 9 nitrogen and oxygen atoms in total. The number of hydrogen-bond donors (Lipinski definition) is 1. The van der Waals surface area contributed by atoms with E-state index in [-0.39, 0.29) is 29.1 Å². The van der Waals surface area contributed by atoms with Gasteiger partial charge in [0.2, 0.25) is 5.91 Å². The number of sulfone groups is 1. The fourth-order valence-corrected chi connectivity index (χ4v) is 7.27. The van der Waals surface area contributed by atoms with Gasteiger partial charge in [-0.15, -0.1) is 10.2 Å². The molecular formula is C21H28N6O3S2. The Morgan fingerprint density at radius 3 is 2.59 bits per heavy atom. The monoisotopic (exact) mass is 476 g/mol. The van der Waals surface area contributed by atoms with E-state index < -0.39 is 9.84 Å². The van der Waals surface area contributed by atoms with Gasteiger partial charge in [-0.25, -0.2) is 8.42 Å². The SMILES string of the molecule is Cc1c(C#N)c(NC(=O)CSc2nnc(C3CCS(=O)(=O)C3)n2C)n(C2CCCC2)c1C. The molecule has 1 unspecified atom stereocenters. The van der Waals surface area contributed by atoms with Crippen molar-refractivity contribution in [1.82, 2.24) is 19.3 Å². The second kappa shape index (κ2) is 8.90. The lowest BCUT2D eigenvalue weighted by Gasteiger charge is -2.19. The number of amides is 1. The highest BCUT2D eigenvalue weighted by atomic mass is 32.2. The molecule has 2 aromatic rings. The maximum absolute atomic E-state index is 12.8. The molecule has 32 heavy (non-hydrogen) atoms. The molecule has 1 atom stereocenters. The van der Waals surface area contributed by atoms with Crippen LogP contribution in [0.2, 0.25) is 0 Å². The minimum atomic E-state index is -3.01. The smallest absolute Gasteiger partial charge is 0.235 e. The van der Waals surface area contributed by atoms with E-state index in [2.05, 4.69) is 26.2 Å². The van der Waals surface area contributed by atoms with Crippen LogP contribution in [0.4, 0.5) is 5.82 Å². The van der Waals surface area contributed by atoms with Crippen molar-refractivity contribution in [2.45, 2.75) is 63.1 Å². The third-order valence-electron chi connectivity index (χ3n) is 6.61. The van der Waals surface area contributed by atoms with Crippen molar-refractivity contribution in [3.8, 4) is 6.07 Å². The van der Waals surface area contributed by atoms with E-state index in [1.165, 1.54) is 11.8 Å². The van der Waals surface area contributed by atoms with Gasteiger partial charge in [-0.3, -0.25) is 4.79 Å². The summed E-state index contributed by atoms with van der Waals surface area (Å²) in [6, 6.07) is 2.57. The van der Waals surface area contributed by atoms with Crippen molar-refractivity contribution in [2.24, 2.45) is 7.05 Å². The minimum absolute atomic E-state index is 0.0952. The fourth-order valence-electron chi connectivity index (χ4n) is 4.81. The van der Waals surface area contributed by atoms with Crippen LogP contribution in [0.1, 0.15) is 66.7 Å². The van der Waals surface area contributed by atoms with Gasteiger partial charge in [0, 0.05) is 24.7 Å². The molecule has 0 aromatic carbocycles. The van der Waals surface area contributed by atoms with Crippen LogP contribution in [0.5, 0.6) is 0 Å². The second-order valence-corrected chi connectivity index (χ2v) is 11.9. The van der Waals surface area contributed by atoms with Crippen LogP contribution < -0.4 is 5.32 Å². The maximum Gasteiger partial charge on any atom is 0.235 e. The van der Waals surface area contributed by atoms with Crippen LogP contribution in [0, 0.1) is 25.2 Å². The van der Waals surface area contributed by atoms with Crippen molar-refractivity contribution in [2.75, 3.05) is 22.6 Å². The summed E-state index contributed by atoms with van der Waals surface area (Å²) in [5.74, 6) is 1.26. The van der Waals surface area contributed by atoms with Gasteiger partial charge < -0.3 is 14.5 Å². The number of carbonyl (C=O) groups is 1. The van der Waals surface area contributed by atoms with E-state index in [9.17, 15) is 18.5 Å². The highest BCUT2D eigenvalue weighted by molar-refractivity contribution is 7.99. The molecule has 1 aliphatic carbocycles. The molecule has 1 aliphatic heterocycles. The number of anilines is 1. The fraction of sp³-hybridized carbons (Fsp3) is 0.619. The average Bonchev–Trinajstić information content (AvgIpc) is 3.50. The minimum Gasteiger partial charge on any atom is -0.327 e. The predicted molar refractivity (Wildman–Crippen MR) is 122 cm³/mol. The number of hydrogen-bond acceptors (Lipinski definition) is 7. The van der Waals surface area contributed by atoms with E-state index in [1.54, 1.807) is 11.6 Å². The molecular weight excluding hydrogens is 448 g/mol. The molecule has 0 radical (unpaired) electrons. The molecule has 11 heteroatoms. The first-order chi connectivity index (χ1) is 15.2. The van der Waals surface area contributed by atoms with Crippen molar-refractivity contribution >= 4 is 33.3 Å². The number of carbonyl (C=O) groups excluding carboxylic acids is 1. The molecule has 2 aliphatic rings. The van der Waals surface area contributed by atoms with Gasteiger partial charge in [-0.1, -0.05) is 24.6 Å². The first-order valence-corrected chi connectivity index (χ1v) is 13.7. The van der Waals surface area contributed by atoms with Gasteiger partial charge in [0.05, 0.1) is 22.8 Å². The van der Waals surface area contributed by atoms with E-state index in [0.29, 0.717) is 34.8 Å². The predicted octanol–water partition coefficient (Wildman–Crippen LogP) is 2.85. The third-order valence-corrected chi connectivity index (χ3v) is 9.40. The molecule has 4 rings (SSSR count). The second-order valence-electron chi connectivity index (χ2n) is 8.69. The highest BCUT2D eigenvalue weighted by Gasteiger charge is 2.33. The maximum atomic E-state index is 12.8. The summed E-state index contributed by atoms with van der Waals surface area (Å²) in [7, 11) is -1.21. The number of aromatic nitrogens is 4. The standard InChI is InChI=1S/C21H28N6O3S2/c1-13-14(2)27(16-6-4-5-7-16)20(17(13)10-22)23-18(28)11-31-21-25-24-19(26(21)3)15-8-9-32(29,30)12-15/h15-16H,4-9,11-12H2,1-3H3,(H,23,28). The Morgan fingerprint density at radius 2 is 1.97 bits per heavy atom. The average molecular weight is 477 g/mol. The molecule has 1 amide bonds. The molecule has 1 saturated heterocycles. The summed E-state index contributed by atoms with van der Waals surface area (Å²) in [4.78, 5) is 12.8. The molecule has 3 heterocycles. The zero-order valence-electron chi connectivity index (χ0n) is 18.6. The number of rotatable bonds is 6. The highest BCUT2D eigenvalue weighted by Crippen LogP contribution is 2.38. The molecule has 0 spiro atoms. The van der Waals surface area contributed by atoms with Crippen LogP contribution in [-0.4, -0.2) is 50.9 Å². The third kappa shape index (κ3) is 4.30. The van der Waals surface area contributed by atoms with Gasteiger partial charge in [-0.05, 0) is 38.7 Å². The van der Waals surface area contributed by atoms with Gasteiger partial charge in [0.15, 0.2) is 15.0 Å². The number of nitriles is 1. The quantitative estimate of drug-likeness (QED) is 0.636. The summed E-state index contributed by atoms with van der Waals surface area (Å²) < 4.78 is 27.5. The summed E-state index contributed by atoms with van der Waals surface area (Å²) in [5, 5.41) is 21.6. The normalized spacial score (nSPS) is 20.5. The Morgan fingerprint density at radius 1 is 1.25 bits per heavy atom. The van der Waals surface area contributed by atoms with Crippen molar-refractivity contribution in [3.05, 3.63) is 22.6 Å². The lowest BCUT2D eigenvalue weighted by Crippen LogP contribution is -2.20. The van der Waals surface area contributed by atoms with Crippen molar-refractivity contribution < 1.29 is 13.2 Å². The summed E-state index contributed by atoms with van der Waals surface area (Å²) in [6.45, 7) is 3.93. The zero-order valence-corrected chi connectivity index (χ0v) is 20.2. The van der Waals surface area contributed by atoms with Crippen LogP contribution in [0.25, 0.3) is 0 Å². The number of thioether (sulfide) groups is 1. The van der Waals surface area contributed by atoms with E-state index in [4.69, 9.17) is 0 Å². The Hall–Kier alpha value is -2.32. The lowest BCUT2D eigenvalue weighted by molar-refractivity contribution is -0.113. The Bertz CT molecular complexity index is 1190. The molecule has 2 fully saturated rings. The Kier molecular flexibility index (Phi) is 6.36. The summed E-state index contributed by atoms with van der Waals surface area (Å²) in [6.07, 6.45) is 4.96. The van der Waals surface area contributed by atoms with E-state index in [0.717, 1.165) is 36.9 Å². The van der Waals surface area contributed by atoms with Gasteiger partial charge in [-0.2, -0.15) is 5.26 Å².